The van der Waals surface area contributed by atoms with Gasteiger partial charge in [-0.2, -0.15) is 13.2 Å². The number of benzene rings is 1. The minimum atomic E-state index is -5.08. The summed E-state index contributed by atoms with van der Waals surface area (Å²) in [7, 11) is 0. The zero-order valence-electron chi connectivity index (χ0n) is 18.2. The van der Waals surface area contributed by atoms with Crippen molar-refractivity contribution in [2.24, 2.45) is 0 Å². The van der Waals surface area contributed by atoms with Crippen LogP contribution in [0.15, 0.2) is 47.1 Å². The fraction of sp³-hybridized carbons (Fsp3) is 0.478. The molecule has 2 N–H and O–H groups in total. The van der Waals surface area contributed by atoms with Gasteiger partial charge in [0.15, 0.2) is 0 Å². The number of para-hydroxylation sites is 1. The minimum Gasteiger partial charge on any atom is -0.487 e. The number of nitrogens with zero attached hydrogens (tertiary/aromatic N) is 1. The van der Waals surface area contributed by atoms with Gasteiger partial charge in [0.1, 0.15) is 17.1 Å². The predicted octanol–water partition coefficient (Wildman–Crippen LogP) is 4.30. The number of ether oxygens (including phenoxy) is 1. The van der Waals surface area contributed by atoms with Crippen LogP contribution in [0.5, 0.6) is 5.75 Å². The van der Waals surface area contributed by atoms with Crippen LogP contribution in [0.2, 0.25) is 0 Å². The summed E-state index contributed by atoms with van der Waals surface area (Å²) >= 11 is 0. The molecule has 1 unspecified atom stereocenters. The summed E-state index contributed by atoms with van der Waals surface area (Å²) in [4.78, 5) is 23.3. The van der Waals surface area contributed by atoms with Crippen molar-refractivity contribution in [2.45, 2.75) is 57.0 Å². The van der Waals surface area contributed by atoms with E-state index in [1.807, 2.05) is 37.3 Å². The Morgan fingerprint density at radius 2 is 1.85 bits per heavy atom. The number of carboxylic acid groups (broad SMARTS) is 1. The highest BCUT2D eigenvalue weighted by molar-refractivity contribution is 5.76. The molecule has 7 nitrogen and oxygen atoms in total. The van der Waals surface area contributed by atoms with Crippen molar-refractivity contribution in [1.29, 1.82) is 0 Å². The molecule has 1 atom stereocenters. The van der Waals surface area contributed by atoms with Gasteiger partial charge in [0.25, 0.3) is 0 Å². The van der Waals surface area contributed by atoms with Crippen molar-refractivity contribution in [2.75, 3.05) is 13.1 Å². The van der Waals surface area contributed by atoms with Crippen LogP contribution in [0.25, 0.3) is 0 Å². The Balaban J connectivity index is 0.000000383. The average Bonchev–Trinajstić information content (AvgIpc) is 3.28. The van der Waals surface area contributed by atoms with Gasteiger partial charge in [-0.3, -0.25) is 9.69 Å². The molecule has 1 spiro atoms. The van der Waals surface area contributed by atoms with Crippen LogP contribution in [0.4, 0.5) is 13.2 Å². The van der Waals surface area contributed by atoms with E-state index in [4.69, 9.17) is 19.1 Å². The van der Waals surface area contributed by atoms with E-state index in [9.17, 15) is 18.0 Å². The predicted molar refractivity (Wildman–Crippen MR) is 113 cm³/mol. The molecule has 1 aromatic carbocycles. The zero-order valence-corrected chi connectivity index (χ0v) is 18.2. The van der Waals surface area contributed by atoms with Gasteiger partial charge in [0.05, 0.1) is 18.8 Å². The fourth-order valence-corrected chi connectivity index (χ4v) is 4.09. The van der Waals surface area contributed by atoms with Crippen LogP contribution >= 0.6 is 0 Å². The van der Waals surface area contributed by atoms with Crippen LogP contribution in [0.3, 0.4) is 0 Å². The summed E-state index contributed by atoms with van der Waals surface area (Å²) in [6.07, 6.45) is -0.0994. The van der Waals surface area contributed by atoms with Gasteiger partial charge in [-0.15, -0.1) is 0 Å². The molecule has 1 fully saturated rings. The summed E-state index contributed by atoms with van der Waals surface area (Å²) in [6, 6.07) is 12.1. The molecule has 0 aliphatic carbocycles. The second-order valence-corrected chi connectivity index (χ2v) is 8.16. The van der Waals surface area contributed by atoms with Crippen molar-refractivity contribution in [3.05, 3.63) is 54.0 Å². The Bertz CT molecular complexity index is 938. The lowest BCUT2D eigenvalue weighted by Gasteiger charge is -2.47. The third-order valence-electron chi connectivity index (χ3n) is 5.82. The number of nitrogens with one attached hydrogen (secondary N) is 1. The number of likely N-dealkylation sites (tertiary alicyclic amines) is 1. The summed E-state index contributed by atoms with van der Waals surface area (Å²) in [6.45, 7) is 4.67. The van der Waals surface area contributed by atoms with Crippen LogP contribution in [0.1, 0.15) is 50.0 Å². The number of hydrogen-bond donors (Lipinski definition) is 2. The molecule has 3 heterocycles. The molecule has 1 amide bonds. The number of carbonyl (C=O) groups excluding carboxylic acids is 1. The van der Waals surface area contributed by atoms with Crippen LogP contribution < -0.4 is 10.1 Å². The van der Waals surface area contributed by atoms with Gasteiger partial charge in [0.2, 0.25) is 5.91 Å². The van der Waals surface area contributed by atoms with Crippen molar-refractivity contribution < 1.29 is 37.0 Å². The second-order valence-electron chi connectivity index (χ2n) is 8.16. The topological polar surface area (TPSA) is 92.0 Å². The minimum absolute atomic E-state index is 0.0315. The highest BCUT2D eigenvalue weighted by atomic mass is 19.4. The Morgan fingerprint density at radius 1 is 1.18 bits per heavy atom. The maximum Gasteiger partial charge on any atom is 0.490 e. The molecule has 2 aliphatic heterocycles. The molecule has 0 saturated carbocycles. The highest BCUT2D eigenvalue weighted by Gasteiger charge is 2.43. The fourth-order valence-electron chi connectivity index (χ4n) is 4.09. The number of piperidine rings is 1. The number of alkyl halides is 3. The van der Waals surface area contributed by atoms with E-state index < -0.39 is 12.1 Å². The monoisotopic (exact) mass is 468 g/mol. The largest absolute Gasteiger partial charge is 0.490 e. The van der Waals surface area contributed by atoms with Gasteiger partial charge in [-0.25, -0.2) is 4.79 Å². The number of rotatable bonds is 4. The standard InChI is InChI=1S/C21H26N2O3.C2HF3O2/c1-2-20(24)22-18-14-21(26-19-8-4-3-7-17(18)19)9-11-23(12-10-21)15-16-6-5-13-25-16;3-2(4,5)1(6)7/h3-8,13,18H,2,9-12,14-15H2,1H3,(H,22,24);(H,6,7). The number of carboxylic acids is 1. The number of halogens is 3. The summed E-state index contributed by atoms with van der Waals surface area (Å²) in [5.41, 5.74) is 0.901. The van der Waals surface area contributed by atoms with Gasteiger partial charge >= 0.3 is 12.1 Å². The molecule has 1 saturated heterocycles. The van der Waals surface area contributed by atoms with E-state index in [0.29, 0.717) is 6.42 Å². The first-order valence-electron chi connectivity index (χ1n) is 10.7. The quantitative estimate of drug-likeness (QED) is 0.695. The zero-order chi connectivity index (χ0) is 24.1. The molecule has 180 valence electrons. The Labute approximate surface area is 189 Å². The lowest BCUT2D eigenvalue weighted by molar-refractivity contribution is -0.192. The maximum absolute atomic E-state index is 12.0. The van der Waals surface area contributed by atoms with E-state index in [0.717, 1.165) is 56.0 Å². The number of fused-ring (bicyclic) bond motifs is 1. The lowest BCUT2D eigenvalue weighted by Crippen LogP contribution is -2.52. The summed E-state index contributed by atoms with van der Waals surface area (Å²) in [5, 5.41) is 10.3. The molecular weight excluding hydrogens is 441 g/mol. The third kappa shape index (κ3) is 6.50. The number of amides is 1. The van der Waals surface area contributed by atoms with Crippen molar-refractivity contribution >= 4 is 11.9 Å². The van der Waals surface area contributed by atoms with Crippen LogP contribution in [-0.4, -0.2) is 46.7 Å². The third-order valence-corrected chi connectivity index (χ3v) is 5.82. The van der Waals surface area contributed by atoms with Crippen molar-refractivity contribution in [1.82, 2.24) is 10.2 Å². The second kappa shape index (κ2) is 10.3. The molecular formula is C23H27F3N2O5. The summed E-state index contributed by atoms with van der Waals surface area (Å²) in [5.74, 6) is -0.742. The van der Waals surface area contributed by atoms with E-state index in [2.05, 4.69) is 16.3 Å². The Kier molecular flexibility index (Phi) is 7.68. The van der Waals surface area contributed by atoms with Gasteiger partial charge < -0.3 is 19.6 Å². The van der Waals surface area contributed by atoms with E-state index in [-0.39, 0.29) is 17.6 Å². The van der Waals surface area contributed by atoms with Crippen molar-refractivity contribution in [3.63, 3.8) is 0 Å². The first-order chi connectivity index (χ1) is 15.6. The number of carbonyl (C=O) groups is 2. The Hall–Kier alpha value is -3.01. The van der Waals surface area contributed by atoms with E-state index in [1.165, 1.54) is 0 Å². The Morgan fingerprint density at radius 3 is 2.42 bits per heavy atom. The van der Waals surface area contributed by atoms with Crippen LogP contribution in [-0.2, 0) is 16.1 Å². The first-order valence-corrected chi connectivity index (χ1v) is 10.7. The molecule has 0 radical (unpaired) electrons. The summed E-state index contributed by atoms with van der Waals surface area (Å²) < 4.78 is 43.7. The average molecular weight is 468 g/mol. The number of hydrogen-bond acceptors (Lipinski definition) is 5. The molecule has 33 heavy (non-hydrogen) atoms. The van der Waals surface area contributed by atoms with Crippen LogP contribution in [0, 0.1) is 0 Å². The first kappa shape index (κ1) is 24.6. The molecule has 4 rings (SSSR count). The number of aliphatic carboxylic acids is 1. The van der Waals surface area contributed by atoms with E-state index in [1.54, 1.807) is 6.26 Å². The normalized spacial score (nSPS) is 19.6. The SMILES string of the molecule is CCC(=O)NC1CC2(CCN(Cc3ccco3)CC2)Oc2ccccc21.O=C(O)C(F)(F)F. The molecule has 0 bridgehead atoms. The lowest BCUT2D eigenvalue weighted by atomic mass is 9.80. The molecule has 10 heteroatoms. The molecule has 1 aromatic heterocycles. The molecule has 2 aliphatic rings. The van der Waals surface area contributed by atoms with E-state index >= 15 is 0 Å². The smallest absolute Gasteiger partial charge is 0.487 e. The van der Waals surface area contributed by atoms with Gasteiger partial charge in [-0.1, -0.05) is 25.1 Å². The highest BCUT2D eigenvalue weighted by Crippen LogP contribution is 2.44. The molecule has 2 aromatic rings. The maximum atomic E-state index is 12.0. The van der Waals surface area contributed by atoms with Gasteiger partial charge in [0, 0.05) is 31.5 Å². The van der Waals surface area contributed by atoms with Gasteiger partial charge in [-0.05, 0) is 31.0 Å². The number of furan rings is 1. The van der Waals surface area contributed by atoms with Crippen molar-refractivity contribution in [3.8, 4) is 5.75 Å².